The zero-order chi connectivity index (χ0) is 18.8. The number of pyridine rings is 1. The third kappa shape index (κ3) is 3.69. The zero-order valence-corrected chi connectivity index (χ0v) is 15.6. The van der Waals surface area contributed by atoms with Crippen molar-refractivity contribution in [3.8, 4) is 0 Å². The maximum atomic E-state index is 12.6. The lowest BCUT2D eigenvalue weighted by molar-refractivity contribution is -0.130. The first-order chi connectivity index (χ1) is 13.1. The highest BCUT2D eigenvalue weighted by atomic mass is 32.1. The van der Waals surface area contributed by atoms with Crippen LogP contribution in [0.25, 0.3) is 11.0 Å². The Hall–Kier alpha value is -2.78. The Morgan fingerprint density at radius 3 is 3.04 bits per heavy atom. The van der Waals surface area contributed by atoms with Crippen LogP contribution in [-0.4, -0.2) is 39.3 Å². The van der Waals surface area contributed by atoms with Gasteiger partial charge in [0, 0.05) is 17.2 Å². The molecule has 1 atom stereocenters. The van der Waals surface area contributed by atoms with Gasteiger partial charge in [0.2, 0.25) is 0 Å². The van der Waals surface area contributed by atoms with E-state index in [2.05, 4.69) is 20.9 Å². The summed E-state index contributed by atoms with van der Waals surface area (Å²) in [5.74, 6) is -0.746. The van der Waals surface area contributed by atoms with Crippen molar-refractivity contribution in [2.24, 2.45) is 0 Å². The third-order valence-corrected chi connectivity index (χ3v) is 5.25. The van der Waals surface area contributed by atoms with Crippen LogP contribution in [0.15, 0.2) is 29.8 Å². The average Bonchev–Trinajstić information content (AvgIpc) is 3.41. The van der Waals surface area contributed by atoms with E-state index >= 15 is 0 Å². The number of hydrogen-bond donors (Lipinski definition) is 2. The van der Waals surface area contributed by atoms with Crippen molar-refractivity contribution in [3.05, 3.63) is 45.9 Å². The van der Waals surface area contributed by atoms with Crippen LogP contribution in [0.2, 0.25) is 0 Å². The summed E-state index contributed by atoms with van der Waals surface area (Å²) in [5.41, 5.74) is 6.67. The average molecular weight is 385 g/mol. The molecule has 0 spiro atoms. The molecule has 0 saturated carbocycles. The van der Waals surface area contributed by atoms with Gasteiger partial charge in [0.1, 0.15) is 6.10 Å². The highest BCUT2D eigenvalue weighted by Crippen LogP contribution is 2.20. The van der Waals surface area contributed by atoms with Crippen molar-refractivity contribution >= 4 is 34.2 Å². The SMILES string of the molecule is Cc1cc(C(=O)NNC(=O)C2CCCO2)c2cnn(Cc3cccs3)c2n1. The number of fused-ring (bicyclic) bond motifs is 1. The summed E-state index contributed by atoms with van der Waals surface area (Å²) in [6, 6.07) is 5.70. The number of ether oxygens (including phenoxy) is 1. The monoisotopic (exact) mass is 385 g/mol. The molecule has 27 heavy (non-hydrogen) atoms. The number of aryl methyl sites for hydroxylation is 1. The number of rotatable bonds is 4. The Morgan fingerprint density at radius 2 is 2.30 bits per heavy atom. The number of thiophene rings is 1. The van der Waals surface area contributed by atoms with Gasteiger partial charge in [-0.1, -0.05) is 6.07 Å². The zero-order valence-electron chi connectivity index (χ0n) is 14.8. The number of carbonyl (C=O) groups is 2. The number of hydrazine groups is 1. The van der Waals surface area contributed by atoms with Crippen molar-refractivity contribution in [1.29, 1.82) is 0 Å². The molecule has 4 heterocycles. The number of nitrogens with one attached hydrogen (secondary N) is 2. The van der Waals surface area contributed by atoms with Gasteiger partial charge in [-0.2, -0.15) is 5.10 Å². The molecule has 0 aliphatic carbocycles. The Labute approximate surface area is 159 Å². The molecule has 1 aliphatic heterocycles. The van der Waals surface area contributed by atoms with Gasteiger partial charge in [0.25, 0.3) is 11.8 Å². The van der Waals surface area contributed by atoms with Gasteiger partial charge in [0.15, 0.2) is 5.65 Å². The Bertz CT molecular complexity index is 976. The molecule has 0 radical (unpaired) electrons. The normalized spacial score (nSPS) is 16.6. The molecule has 4 rings (SSSR count). The van der Waals surface area contributed by atoms with E-state index in [4.69, 9.17) is 4.74 Å². The standard InChI is InChI=1S/C18H19N5O3S/c1-11-8-13(17(24)21-22-18(25)15-5-2-6-26-15)14-9-19-23(16(14)20-11)10-12-4-3-7-27-12/h3-4,7-9,15H,2,5-6,10H2,1H3,(H,21,24)(H,22,25). The number of amides is 2. The van der Waals surface area contributed by atoms with Gasteiger partial charge in [0.05, 0.1) is 23.7 Å². The summed E-state index contributed by atoms with van der Waals surface area (Å²) < 4.78 is 7.08. The van der Waals surface area contributed by atoms with E-state index in [0.29, 0.717) is 41.9 Å². The van der Waals surface area contributed by atoms with E-state index in [0.717, 1.165) is 11.3 Å². The fourth-order valence-corrected chi connectivity index (χ4v) is 3.76. The lowest BCUT2D eigenvalue weighted by Gasteiger charge is -2.12. The largest absolute Gasteiger partial charge is 0.368 e. The van der Waals surface area contributed by atoms with E-state index < -0.39 is 12.0 Å². The number of hydrogen-bond acceptors (Lipinski definition) is 6. The first-order valence-corrected chi connectivity index (χ1v) is 9.57. The molecule has 1 unspecified atom stereocenters. The second kappa shape index (κ2) is 7.45. The third-order valence-electron chi connectivity index (χ3n) is 4.39. The van der Waals surface area contributed by atoms with Gasteiger partial charge in [-0.25, -0.2) is 9.67 Å². The minimum absolute atomic E-state index is 0.337. The fourth-order valence-electron chi connectivity index (χ4n) is 3.08. The quantitative estimate of drug-likeness (QED) is 0.667. The van der Waals surface area contributed by atoms with E-state index in [9.17, 15) is 9.59 Å². The summed E-state index contributed by atoms with van der Waals surface area (Å²) >= 11 is 1.64. The van der Waals surface area contributed by atoms with Crippen LogP contribution in [0.5, 0.6) is 0 Å². The van der Waals surface area contributed by atoms with Gasteiger partial charge in [-0.15, -0.1) is 11.3 Å². The van der Waals surface area contributed by atoms with Crippen molar-refractivity contribution < 1.29 is 14.3 Å². The van der Waals surface area contributed by atoms with Gasteiger partial charge in [-0.05, 0) is 37.3 Å². The molecule has 0 bridgehead atoms. The van der Waals surface area contributed by atoms with Crippen LogP contribution in [0, 0.1) is 6.92 Å². The van der Waals surface area contributed by atoms with Crippen molar-refractivity contribution in [1.82, 2.24) is 25.6 Å². The molecule has 3 aromatic heterocycles. The topological polar surface area (TPSA) is 98.1 Å². The van der Waals surface area contributed by atoms with Crippen molar-refractivity contribution in [3.63, 3.8) is 0 Å². The second-order valence-electron chi connectivity index (χ2n) is 6.38. The summed E-state index contributed by atoms with van der Waals surface area (Å²) in [6.45, 7) is 2.98. The molecule has 2 N–H and O–H groups in total. The van der Waals surface area contributed by atoms with E-state index in [1.165, 1.54) is 0 Å². The number of nitrogens with zero attached hydrogens (tertiary/aromatic N) is 3. The molecule has 3 aromatic rings. The van der Waals surface area contributed by atoms with Crippen LogP contribution in [0.1, 0.15) is 33.8 Å². The maximum Gasteiger partial charge on any atom is 0.270 e. The van der Waals surface area contributed by atoms with E-state index in [-0.39, 0.29) is 5.91 Å². The van der Waals surface area contributed by atoms with Crippen molar-refractivity contribution in [2.45, 2.75) is 32.4 Å². The predicted octanol–water partition coefficient (Wildman–Crippen LogP) is 1.79. The smallest absolute Gasteiger partial charge is 0.270 e. The minimum Gasteiger partial charge on any atom is -0.368 e. The van der Waals surface area contributed by atoms with Crippen LogP contribution in [-0.2, 0) is 16.1 Å². The fraction of sp³-hybridized carbons (Fsp3) is 0.333. The first kappa shape index (κ1) is 17.6. The molecule has 1 fully saturated rings. The Kier molecular flexibility index (Phi) is 4.87. The first-order valence-electron chi connectivity index (χ1n) is 8.69. The van der Waals surface area contributed by atoms with Crippen LogP contribution >= 0.6 is 11.3 Å². The molecular formula is C18H19N5O3S. The second-order valence-corrected chi connectivity index (χ2v) is 7.41. The maximum absolute atomic E-state index is 12.6. The van der Waals surface area contributed by atoms with Crippen LogP contribution in [0.4, 0.5) is 0 Å². The van der Waals surface area contributed by atoms with Crippen LogP contribution in [0.3, 0.4) is 0 Å². The molecule has 140 valence electrons. The minimum atomic E-state index is -0.502. The van der Waals surface area contributed by atoms with Crippen molar-refractivity contribution in [2.75, 3.05) is 6.61 Å². The molecule has 2 amide bonds. The molecule has 1 saturated heterocycles. The summed E-state index contributed by atoms with van der Waals surface area (Å²) in [4.78, 5) is 30.3. The summed E-state index contributed by atoms with van der Waals surface area (Å²) in [6.07, 6.45) is 2.64. The number of aromatic nitrogens is 3. The van der Waals surface area contributed by atoms with Gasteiger partial charge >= 0.3 is 0 Å². The highest BCUT2D eigenvalue weighted by molar-refractivity contribution is 7.09. The highest BCUT2D eigenvalue weighted by Gasteiger charge is 2.24. The summed E-state index contributed by atoms with van der Waals surface area (Å²) in [7, 11) is 0. The summed E-state index contributed by atoms with van der Waals surface area (Å²) in [5, 5.41) is 7.04. The van der Waals surface area contributed by atoms with E-state index in [1.807, 2.05) is 24.4 Å². The predicted molar refractivity (Wildman–Crippen MR) is 100 cm³/mol. The molecule has 1 aliphatic rings. The molecule has 8 nitrogen and oxygen atoms in total. The van der Waals surface area contributed by atoms with Gasteiger partial charge < -0.3 is 4.74 Å². The van der Waals surface area contributed by atoms with Crippen LogP contribution < -0.4 is 10.9 Å². The Balaban J connectivity index is 1.54. The van der Waals surface area contributed by atoms with E-state index in [1.54, 1.807) is 28.3 Å². The molecule has 0 aromatic carbocycles. The molecular weight excluding hydrogens is 366 g/mol. The lowest BCUT2D eigenvalue weighted by atomic mass is 10.1. The number of carbonyl (C=O) groups excluding carboxylic acids is 2. The molecule has 9 heteroatoms. The lowest BCUT2D eigenvalue weighted by Crippen LogP contribution is -2.46. The Morgan fingerprint density at radius 1 is 1.41 bits per heavy atom. The van der Waals surface area contributed by atoms with Gasteiger partial charge in [-0.3, -0.25) is 20.4 Å².